The minimum atomic E-state index is -0.320. The first-order valence-electron chi connectivity index (χ1n) is 11.6. The van der Waals surface area contributed by atoms with Gasteiger partial charge in [0.25, 0.3) is 5.95 Å². The minimum Gasteiger partial charge on any atom is -0.453 e. The number of nitrogens with zero attached hydrogens (tertiary/aromatic N) is 6. The fraction of sp³-hybridized carbons (Fsp3) is 0.565. The second kappa shape index (κ2) is 9.09. The molecule has 0 saturated carbocycles. The van der Waals surface area contributed by atoms with Gasteiger partial charge in [0.2, 0.25) is 5.89 Å². The van der Waals surface area contributed by atoms with E-state index in [1.807, 2.05) is 6.92 Å². The lowest BCUT2D eigenvalue weighted by Crippen LogP contribution is -2.37. The second-order valence-electron chi connectivity index (χ2n) is 8.95. The fourth-order valence-electron chi connectivity index (χ4n) is 5.05. The van der Waals surface area contributed by atoms with Crippen LogP contribution in [-0.4, -0.2) is 75.6 Å². The summed E-state index contributed by atoms with van der Waals surface area (Å²) in [4.78, 5) is 20.6. The van der Waals surface area contributed by atoms with Crippen LogP contribution in [0.2, 0.25) is 0 Å². The van der Waals surface area contributed by atoms with E-state index < -0.39 is 0 Å². The van der Waals surface area contributed by atoms with Crippen LogP contribution in [0, 0.1) is 11.7 Å². The van der Waals surface area contributed by atoms with Gasteiger partial charge in [-0.05, 0) is 62.0 Å². The Balaban J connectivity index is 1.22. The van der Waals surface area contributed by atoms with Gasteiger partial charge in [0.15, 0.2) is 0 Å². The highest BCUT2D eigenvalue weighted by atomic mass is 19.1. The second-order valence-corrected chi connectivity index (χ2v) is 8.95. The number of carbonyl (C=O) groups excluding carboxylic acids is 1. The van der Waals surface area contributed by atoms with Crippen LogP contribution in [0.25, 0.3) is 16.9 Å². The number of piperidine rings is 1. The topological polar surface area (TPSA) is 89.5 Å². The lowest BCUT2D eigenvalue weighted by atomic mass is 9.95. The molecule has 4 heterocycles. The standard InChI is InChI=1S/C23H29FN6O3/c1-3-19-18-5-4-17(24)12-20(18)30(26-19)22-25-21(33-27-22)16-7-9-28(10-8-16)13-15-6-11-29(14-15)23(31)32-2/h4-5,12,15-16H,3,6-11,13-14H2,1-2H3/t15-/m0/s1. The monoisotopic (exact) mass is 456 g/mol. The average molecular weight is 457 g/mol. The lowest BCUT2D eigenvalue weighted by Gasteiger charge is -2.32. The van der Waals surface area contributed by atoms with Gasteiger partial charge in [-0.15, -0.1) is 0 Å². The fourth-order valence-corrected chi connectivity index (χ4v) is 5.05. The lowest BCUT2D eigenvalue weighted by molar-refractivity contribution is 0.128. The molecule has 2 fully saturated rings. The zero-order valence-electron chi connectivity index (χ0n) is 19.0. The number of carbonyl (C=O) groups is 1. The molecule has 0 N–H and O–H groups in total. The predicted octanol–water partition coefficient (Wildman–Crippen LogP) is 3.38. The Morgan fingerprint density at radius 3 is 2.82 bits per heavy atom. The molecule has 2 saturated heterocycles. The zero-order chi connectivity index (χ0) is 22.9. The quantitative estimate of drug-likeness (QED) is 0.581. The molecule has 0 spiro atoms. The molecule has 1 amide bonds. The van der Waals surface area contributed by atoms with Crippen molar-refractivity contribution in [1.29, 1.82) is 0 Å². The van der Waals surface area contributed by atoms with E-state index >= 15 is 0 Å². The summed E-state index contributed by atoms with van der Waals surface area (Å²) in [5.41, 5.74) is 1.52. The highest BCUT2D eigenvalue weighted by Crippen LogP contribution is 2.30. The van der Waals surface area contributed by atoms with Crippen molar-refractivity contribution in [2.45, 2.75) is 38.5 Å². The van der Waals surface area contributed by atoms with Crippen molar-refractivity contribution in [3.8, 4) is 5.95 Å². The van der Waals surface area contributed by atoms with E-state index in [1.165, 1.54) is 19.2 Å². The summed E-state index contributed by atoms with van der Waals surface area (Å²) in [7, 11) is 1.43. The molecule has 5 rings (SSSR count). The van der Waals surface area contributed by atoms with E-state index in [4.69, 9.17) is 9.26 Å². The van der Waals surface area contributed by atoms with Crippen LogP contribution in [0.4, 0.5) is 9.18 Å². The Labute approximate surface area is 191 Å². The number of ether oxygens (including phenoxy) is 1. The van der Waals surface area contributed by atoms with Gasteiger partial charge in [0.1, 0.15) is 5.82 Å². The number of fused-ring (bicyclic) bond motifs is 1. The Bertz CT molecular complexity index is 1140. The van der Waals surface area contributed by atoms with Gasteiger partial charge in [-0.2, -0.15) is 14.8 Å². The van der Waals surface area contributed by atoms with Crippen LogP contribution in [0.1, 0.15) is 43.7 Å². The van der Waals surface area contributed by atoms with E-state index in [-0.39, 0.29) is 17.8 Å². The van der Waals surface area contributed by atoms with Crippen LogP contribution >= 0.6 is 0 Å². The van der Waals surface area contributed by atoms with Crippen LogP contribution < -0.4 is 0 Å². The maximum absolute atomic E-state index is 13.9. The molecule has 0 unspecified atom stereocenters. The number of methoxy groups -OCH3 is 1. The average Bonchev–Trinajstić information content (AvgIpc) is 3.57. The van der Waals surface area contributed by atoms with Gasteiger partial charge in [-0.1, -0.05) is 6.92 Å². The molecule has 1 atom stereocenters. The van der Waals surface area contributed by atoms with Crippen LogP contribution in [0.15, 0.2) is 22.7 Å². The first kappa shape index (κ1) is 21.8. The molecule has 176 valence electrons. The van der Waals surface area contributed by atoms with Crippen molar-refractivity contribution in [3.05, 3.63) is 35.6 Å². The molecule has 10 heteroatoms. The van der Waals surface area contributed by atoms with E-state index in [0.717, 1.165) is 69.5 Å². The molecule has 2 aliphatic rings. The summed E-state index contributed by atoms with van der Waals surface area (Å²) in [6, 6.07) is 4.65. The van der Waals surface area contributed by atoms with E-state index in [1.54, 1.807) is 15.6 Å². The molecule has 3 aromatic rings. The maximum Gasteiger partial charge on any atom is 0.409 e. The van der Waals surface area contributed by atoms with Gasteiger partial charge in [0, 0.05) is 37.0 Å². The van der Waals surface area contributed by atoms with Crippen LogP contribution in [-0.2, 0) is 11.2 Å². The SMILES string of the molecule is CCc1nn(-c2noc(C3CCN(C[C@@H]4CCN(C(=O)OC)C4)CC3)n2)c2cc(F)ccc12. The van der Waals surface area contributed by atoms with Crippen molar-refractivity contribution in [2.24, 2.45) is 5.92 Å². The first-order chi connectivity index (χ1) is 16.1. The number of rotatable bonds is 5. The van der Waals surface area contributed by atoms with Crippen molar-refractivity contribution in [2.75, 3.05) is 39.8 Å². The number of hydrogen-bond donors (Lipinski definition) is 0. The van der Waals surface area contributed by atoms with Crippen molar-refractivity contribution in [1.82, 2.24) is 29.7 Å². The summed E-state index contributed by atoms with van der Waals surface area (Å²) in [5, 5.41) is 9.64. The van der Waals surface area contributed by atoms with Gasteiger partial charge in [-0.25, -0.2) is 9.18 Å². The van der Waals surface area contributed by atoms with Crippen LogP contribution in [0.3, 0.4) is 0 Å². The molecular weight excluding hydrogens is 427 g/mol. The number of hydrogen-bond acceptors (Lipinski definition) is 7. The smallest absolute Gasteiger partial charge is 0.409 e. The van der Waals surface area contributed by atoms with Crippen molar-refractivity contribution < 1.29 is 18.4 Å². The van der Waals surface area contributed by atoms with Crippen LogP contribution in [0.5, 0.6) is 0 Å². The molecule has 33 heavy (non-hydrogen) atoms. The third-order valence-corrected chi connectivity index (χ3v) is 6.85. The van der Waals surface area contributed by atoms with Crippen molar-refractivity contribution in [3.63, 3.8) is 0 Å². The number of halogens is 1. The highest BCUT2D eigenvalue weighted by molar-refractivity contribution is 5.83. The number of aryl methyl sites for hydroxylation is 1. The van der Waals surface area contributed by atoms with Gasteiger partial charge < -0.3 is 19.1 Å². The normalized spacial score (nSPS) is 20.1. The van der Waals surface area contributed by atoms with E-state index in [2.05, 4.69) is 20.1 Å². The van der Waals surface area contributed by atoms with E-state index in [0.29, 0.717) is 23.3 Å². The van der Waals surface area contributed by atoms with Gasteiger partial charge in [-0.3, -0.25) is 0 Å². The van der Waals surface area contributed by atoms with E-state index in [9.17, 15) is 9.18 Å². The summed E-state index contributed by atoms with van der Waals surface area (Å²) < 4.78 is 25.9. The third-order valence-electron chi connectivity index (χ3n) is 6.85. The third kappa shape index (κ3) is 4.31. The summed E-state index contributed by atoms with van der Waals surface area (Å²) in [6.07, 6.45) is 3.38. The number of aromatic nitrogens is 4. The molecule has 2 aromatic heterocycles. The summed E-state index contributed by atoms with van der Waals surface area (Å²) in [5.74, 6) is 1.31. The number of likely N-dealkylation sites (tertiary alicyclic amines) is 2. The molecule has 0 bridgehead atoms. The molecule has 1 aromatic carbocycles. The molecular formula is C23H29FN6O3. The Morgan fingerprint density at radius 1 is 1.24 bits per heavy atom. The Hall–Kier alpha value is -3.01. The molecule has 2 aliphatic heterocycles. The molecule has 9 nitrogen and oxygen atoms in total. The zero-order valence-corrected chi connectivity index (χ0v) is 19.0. The number of benzene rings is 1. The van der Waals surface area contributed by atoms with Gasteiger partial charge >= 0.3 is 6.09 Å². The van der Waals surface area contributed by atoms with Gasteiger partial charge in [0.05, 0.1) is 18.3 Å². The maximum atomic E-state index is 13.9. The Kier molecular flexibility index (Phi) is 6.01. The largest absolute Gasteiger partial charge is 0.453 e. The molecule has 0 radical (unpaired) electrons. The van der Waals surface area contributed by atoms with Crippen molar-refractivity contribution >= 4 is 17.0 Å². The first-order valence-corrected chi connectivity index (χ1v) is 11.6. The molecule has 0 aliphatic carbocycles. The summed E-state index contributed by atoms with van der Waals surface area (Å²) in [6.45, 7) is 6.44. The Morgan fingerprint density at radius 2 is 2.06 bits per heavy atom. The highest BCUT2D eigenvalue weighted by Gasteiger charge is 2.31. The minimum absolute atomic E-state index is 0.196. The number of amides is 1. The predicted molar refractivity (Wildman–Crippen MR) is 119 cm³/mol. The summed E-state index contributed by atoms with van der Waals surface area (Å²) >= 11 is 0.